The minimum atomic E-state index is -0.0911. The normalized spacial score (nSPS) is 11.4. The molecule has 126 valence electrons. The zero-order valence-corrected chi connectivity index (χ0v) is 14.0. The average Bonchev–Trinajstić information content (AvgIpc) is 3.07. The highest BCUT2D eigenvalue weighted by Crippen LogP contribution is 2.26. The van der Waals surface area contributed by atoms with Crippen molar-refractivity contribution in [2.24, 2.45) is 0 Å². The standard InChI is InChI=1S/C22H16N2O2/c25-22-21-13-16-12-17(26-14-15-6-2-1-3-7-15)10-11-19(16)24(21)20-9-5-4-8-18(20)23-22/h1-13H,14H2,(H,23,25). The molecule has 0 atom stereocenters. The average molecular weight is 340 g/mol. The van der Waals surface area contributed by atoms with Gasteiger partial charge in [0.1, 0.15) is 17.9 Å². The van der Waals surface area contributed by atoms with Gasteiger partial charge in [0, 0.05) is 5.39 Å². The van der Waals surface area contributed by atoms with Crippen LogP contribution in [-0.2, 0) is 6.61 Å². The first-order valence-corrected chi connectivity index (χ1v) is 8.52. The topological polar surface area (TPSA) is 46.5 Å². The highest BCUT2D eigenvalue weighted by Gasteiger charge is 2.10. The third-order valence-corrected chi connectivity index (χ3v) is 4.65. The van der Waals surface area contributed by atoms with Crippen molar-refractivity contribution in [1.29, 1.82) is 0 Å². The van der Waals surface area contributed by atoms with Crippen LogP contribution in [0.25, 0.3) is 27.5 Å². The number of aromatic nitrogens is 2. The quantitative estimate of drug-likeness (QED) is 0.525. The Morgan fingerprint density at radius 2 is 1.62 bits per heavy atom. The zero-order valence-electron chi connectivity index (χ0n) is 14.0. The molecule has 5 aromatic rings. The van der Waals surface area contributed by atoms with Gasteiger partial charge in [0.2, 0.25) is 0 Å². The number of nitrogens with zero attached hydrogens (tertiary/aromatic N) is 1. The van der Waals surface area contributed by atoms with E-state index in [-0.39, 0.29) is 5.56 Å². The Bertz CT molecular complexity index is 1300. The van der Waals surface area contributed by atoms with E-state index >= 15 is 0 Å². The second-order valence-corrected chi connectivity index (χ2v) is 6.33. The third kappa shape index (κ3) is 2.35. The maximum absolute atomic E-state index is 12.5. The van der Waals surface area contributed by atoms with Crippen LogP contribution in [-0.4, -0.2) is 9.38 Å². The second-order valence-electron chi connectivity index (χ2n) is 6.33. The van der Waals surface area contributed by atoms with Crippen LogP contribution in [0.3, 0.4) is 0 Å². The number of H-pyrrole nitrogens is 1. The Morgan fingerprint density at radius 3 is 2.50 bits per heavy atom. The summed E-state index contributed by atoms with van der Waals surface area (Å²) in [5, 5.41) is 0.984. The molecular formula is C22H16N2O2. The summed E-state index contributed by atoms with van der Waals surface area (Å²) in [7, 11) is 0. The molecule has 26 heavy (non-hydrogen) atoms. The lowest BCUT2D eigenvalue weighted by Crippen LogP contribution is -2.09. The number of ether oxygens (including phenoxy) is 1. The van der Waals surface area contributed by atoms with Gasteiger partial charge in [-0.15, -0.1) is 0 Å². The van der Waals surface area contributed by atoms with Crippen molar-refractivity contribution in [2.45, 2.75) is 6.61 Å². The van der Waals surface area contributed by atoms with Gasteiger partial charge in [0.25, 0.3) is 5.56 Å². The lowest BCUT2D eigenvalue weighted by Gasteiger charge is -2.07. The SMILES string of the molecule is O=c1[nH]c2ccccc2n2c1cc1cc(OCc3ccccc3)ccc12. The van der Waals surface area contributed by atoms with Crippen molar-refractivity contribution in [1.82, 2.24) is 9.38 Å². The van der Waals surface area contributed by atoms with Crippen LogP contribution in [0.4, 0.5) is 0 Å². The Balaban J connectivity index is 1.63. The fourth-order valence-electron chi connectivity index (χ4n) is 3.41. The molecule has 0 fully saturated rings. The molecular weight excluding hydrogens is 324 g/mol. The number of fused-ring (bicyclic) bond motifs is 5. The molecule has 4 heteroatoms. The van der Waals surface area contributed by atoms with Gasteiger partial charge < -0.3 is 14.1 Å². The van der Waals surface area contributed by atoms with Crippen LogP contribution in [0.5, 0.6) is 5.75 Å². The number of nitrogens with one attached hydrogen (secondary N) is 1. The van der Waals surface area contributed by atoms with E-state index in [2.05, 4.69) is 4.98 Å². The maximum Gasteiger partial charge on any atom is 0.272 e. The molecule has 0 spiro atoms. The van der Waals surface area contributed by atoms with Crippen LogP contribution in [0.15, 0.2) is 83.7 Å². The molecule has 2 aromatic heterocycles. The molecule has 0 unspecified atom stereocenters. The Hall–Kier alpha value is -3.53. The van der Waals surface area contributed by atoms with E-state index in [9.17, 15) is 4.79 Å². The largest absolute Gasteiger partial charge is 0.489 e. The van der Waals surface area contributed by atoms with Crippen LogP contribution in [0.2, 0.25) is 0 Å². The van der Waals surface area contributed by atoms with Crippen molar-refractivity contribution in [3.8, 4) is 5.75 Å². The van der Waals surface area contributed by atoms with E-state index < -0.39 is 0 Å². The second kappa shape index (κ2) is 5.77. The first kappa shape index (κ1) is 14.8. The molecule has 5 rings (SSSR count). The minimum Gasteiger partial charge on any atom is -0.489 e. The molecule has 0 amide bonds. The lowest BCUT2D eigenvalue weighted by molar-refractivity contribution is 0.306. The highest BCUT2D eigenvalue weighted by molar-refractivity contribution is 5.93. The molecule has 0 saturated carbocycles. The lowest BCUT2D eigenvalue weighted by atomic mass is 10.2. The number of rotatable bonds is 3. The number of hydrogen-bond acceptors (Lipinski definition) is 2. The van der Waals surface area contributed by atoms with Gasteiger partial charge in [-0.1, -0.05) is 42.5 Å². The van der Waals surface area contributed by atoms with Crippen LogP contribution in [0, 0.1) is 0 Å². The minimum absolute atomic E-state index is 0.0911. The van der Waals surface area contributed by atoms with Crippen molar-refractivity contribution >= 4 is 27.5 Å². The molecule has 0 radical (unpaired) electrons. The summed E-state index contributed by atoms with van der Waals surface area (Å²) >= 11 is 0. The summed E-state index contributed by atoms with van der Waals surface area (Å²) in [6.07, 6.45) is 0. The van der Waals surface area contributed by atoms with Gasteiger partial charge in [-0.05, 0) is 42.0 Å². The first-order valence-electron chi connectivity index (χ1n) is 8.52. The van der Waals surface area contributed by atoms with E-state index in [0.717, 1.165) is 33.2 Å². The van der Waals surface area contributed by atoms with Crippen molar-refractivity contribution in [3.63, 3.8) is 0 Å². The molecule has 1 N–H and O–H groups in total. The monoisotopic (exact) mass is 340 g/mol. The number of benzene rings is 3. The molecule has 0 bridgehead atoms. The fourth-order valence-corrected chi connectivity index (χ4v) is 3.41. The van der Waals surface area contributed by atoms with Gasteiger partial charge in [0.05, 0.1) is 16.6 Å². The van der Waals surface area contributed by atoms with Crippen molar-refractivity contribution in [2.75, 3.05) is 0 Å². The summed E-state index contributed by atoms with van der Waals surface area (Å²) in [5.74, 6) is 0.790. The fraction of sp³-hybridized carbons (Fsp3) is 0.0455. The molecule has 0 saturated heterocycles. The first-order chi connectivity index (χ1) is 12.8. The smallest absolute Gasteiger partial charge is 0.272 e. The number of aromatic amines is 1. The van der Waals surface area contributed by atoms with E-state index in [0.29, 0.717) is 12.1 Å². The van der Waals surface area contributed by atoms with E-state index in [1.807, 2.05) is 83.3 Å². The molecule has 3 aromatic carbocycles. The summed E-state index contributed by atoms with van der Waals surface area (Å²) in [4.78, 5) is 15.4. The van der Waals surface area contributed by atoms with Crippen molar-refractivity contribution in [3.05, 3.63) is 94.8 Å². The van der Waals surface area contributed by atoms with E-state index in [4.69, 9.17) is 4.74 Å². The van der Waals surface area contributed by atoms with E-state index in [1.165, 1.54) is 0 Å². The predicted molar refractivity (Wildman–Crippen MR) is 104 cm³/mol. The zero-order chi connectivity index (χ0) is 17.5. The molecule has 0 aliphatic rings. The van der Waals surface area contributed by atoms with Crippen LogP contribution < -0.4 is 10.3 Å². The molecule has 2 heterocycles. The Kier molecular flexibility index (Phi) is 3.28. The van der Waals surface area contributed by atoms with Gasteiger partial charge in [-0.3, -0.25) is 4.79 Å². The third-order valence-electron chi connectivity index (χ3n) is 4.65. The van der Waals surface area contributed by atoms with Crippen molar-refractivity contribution < 1.29 is 4.74 Å². The van der Waals surface area contributed by atoms with E-state index in [1.54, 1.807) is 0 Å². The summed E-state index contributed by atoms with van der Waals surface area (Å²) in [6, 6.07) is 25.8. The summed E-state index contributed by atoms with van der Waals surface area (Å²) in [5.41, 5.74) is 4.47. The number of para-hydroxylation sites is 2. The van der Waals surface area contributed by atoms with Crippen LogP contribution in [0.1, 0.15) is 5.56 Å². The van der Waals surface area contributed by atoms with Gasteiger partial charge in [-0.25, -0.2) is 0 Å². The predicted octanol–water partition coefficient (Wildman–Crippen LogP) is 4.51. The van der Waals surface area contributed by atoms with Gasteiger partial charge in [-0.2, -0.15) is 0 Å². The Labute approximate surface area is 149 Å². The van der Waals surface area contributed by atoms with Gasteiger partial charge >= 0.3 is 0 Å². The van der Waals surface area contributed by atoms with Crippen LogP contribution >= 0.6 is 0 Å². The molecule has 4 nitrogen and oxygen atoms in total. The Morgan fingerprint density at radius 1 is 0.808 bits per heavy atom. The summed E-state index contributed by atoms with van der Waals surface area (Å²) in [6.45, 7) is 0.517. The highest BCUT2D eigenvalue weighted by atomic mass is 16.5. The maximum atomic E-state index is 12.5. The molecule has 0 aliphatic heterocycles. The number of hydrogen-bond donors (Lipinski definition) is 1. The summed E-state index contributed by atoms with van der Waals surface area (Å²) < 4.78 is 7.92. The molecule has 0 aliphatic carbocycles. The van der Waals surface area contributed by atoms with Gasteiger partial charge in [0.15, 0.2) is 0 Å².